The number of aromatic nitrogens is 3. The van der Waals surface area contributed by atoms with Crippen LogP contribution < -0.4 is 19.8 Å². The van der Waals surface area contributed by atoms with Crippen LogP contribution in [-0.4, -0.2) is 35.4 Å². The number of benzene rings is 2. The maximum atomic E-state index is 13.2. The number of thiazole rings is 1. The van der Waals surface area contributed by atoms with Crippen molar-refractivity contribution in [3.63, 3.8) is 0 Å². The topological polar surface area (TPSA) is 75.5 Å². The highest BCUT2D eigenvalue weighted by Crippen LogP contribution is 2.34. The fourth-order valence-corrected chi connectivity index (χ4v) is 4.98. The fourth-order valence-electron chi connectivity index (χ4n) is 3.03. The molecule has 0 aliphatic carbocycles. The van der Waals surface area contributed by atoms with Crippen LogP contribution in [0.4, 0.5) is 0 Å². The van der Waals surface area contributed by atoms with Crippen LogP contribution in [0.15, 0.2) is 63.0 Å². The van der Waals surface area contributed by atoms with Gasteiger partial charge in [0.05, 0.1) is 36.7 Å². The van der Waals surface area contributed by atoms with Gasteiger partial charge in [-0.15, -0.1) is 11.3 Å². The number of rotatable bonds is 7. The first-order chi connectivity index (χ1) is 15.8. The largest absolute Gasteiger partial charge is 0.497 e. The summed E-state index contributed by atoms with van der Waals surface area (Å²) in [5, 5.41) is 0.343. The minimum Gasteiger partial charge on any atom is -0.497 e. The van der Waals surface area contributed by atoms with Crippen LogP contribution in [0.1, 0.15) is 20.8 Å². The lowest BCUT2D eigenvalue weighted by Gasteiger charge is -2.20. The van der Waals surface area contributed by atoms with E-state index >= 15 is 0 Å². The van der Waals surface area contributed by atoms with Gasteiger partial charge < -0.3 is 14.2 Å². The summed E-state index contributed by atoms with van der Waals surface area (Å²) in [6, 6.07) is 11.2. The average molecular weight is 484 g/mol. The van der Waals surface area contributed by atoms with Gasteiger partial charge >= 0.3 is 0 Å². The maximum absolute atomic E-state index is 13.2. The van der Waals surface area contributed by atoms with Crippen molar-refractivity contribution in [2.75, 3.05) is 20.8 Å². The summed E-state index contributed by atoms with van der Waals surface area (Å²) in [5.41, 5.74) is 1.28. The second-order valence-corrected chi connectivity index (χ2v) is 10.8. The molecule has 0 radical (unpaired) electrons. The summed E-state index contributed by atoms with van der Waals surface area (Å²) in [6.45, 7) is 6.86. The normalized spacial score (nSPS) is 11.5. The van der Waals surface area contributed by atoms with Crippen LogP contribution in [0.25, 0.3) is 15.9 Å². The molecule has 9 heteroatoms. The first-order valence-electron chi connectivity index (χ1n) is 10.3. The Kier molecular flexibility index (Phi) is 6.62. The summed E-state index contributed by atoms with van der Waals surface area (Å²) in [4.78, 5) is 22.1. The van der Waals surface area contributed by atoms with Gasteiger partial charge in [0.15, 0.2) is 20.9 Å². The third-order valence-corrected chi connectivity index (χ3v) is 6.72. The molecular weight excluding hydrogens is 458 g/mol. The average Bonchev–Trinajstić information content (AvgIpc) is 3.20. The van der Waals surface area contributed by atoms with Crippen molar-refractivity contribution in [2.45, 2.75) is 30.1 Å². The number of methoxy groups -OCH3 is 2. The molecule has 0 aliphatic rings. The third-order valence-electron chi connectivity index (χ3n) is 4.65. The molecule has 0 N–H and O–H groups in total. The molecule has 0 unspecified atom stereocenters. The van der Waals surface area contributed by atoms with Gasteiger partial charge in [0.1, 0.15) is 5.75 Å². The van der Waals surface area contributed by atoms with Crippen molar-refractivity contribution in [2.24, 2.45) is 5.41 Å². The van der Waals surface area contributed by atoms with E-state index in [1.54, 1.807) is 37.2 Å². The lowest BCUT2D eigenvalue weighted by atomic mass is 9.99. The molecule has 0 saturated carbocycles. The Morgan fingerprint density at radius 1 is 1.06 bits per heavy atom. The predicted octanol–water partition coefficient (Wildman–Crippen LogP) is 5.44. The van der Waals surface area contributed by atoms with Crippen molar-refractivity contribution in [1.29, 1.82) is 0 Å². The Morgan fingerprint density at radius 2 is 1.88 bits per heavy atom. The van der Waals surface area contributed by atoms with Gasteiger partial charge in [-0.05, 0) is 41.4 Å². The monoisotopic (exact) mass is 483 g/mol. The van der Waals surface area contributed by atoms with Gasteiger partial charge in [0.25, 0.3) is 5.56 Å². The smallest absolute Gasteiger partial charge is 0.288 e. The molecular formula is C24H25N3O4S2. The zero-order valence-corrected chi connectivity index (χ0v) is 20.8. The quantitative estimate of drug-likeness (QED) is 0.347. The standard InChI is InChI=1S/C24H25N3O4S2/c1-24(2,3)14-31-18-8-6-15(12-19(18)30-5)27-11-10-25-21(22(27)28)33-23-26-17-13-16(29-4)7-9-20(17)32-23/h6-13H,14H2,1-5H3. The molecule has 0 saturated heterocycles. The van der Waals surface area contributed by atoms with Gasteiger partial charge in [-0.25, -0.2) is 9.97 Å². The van der Waals surface area contributed by atoms with E-state index in [9.17, 15) is 4.79 Å². The van der Waals surface area contributed by atoms with Crippen molar-refractivity contribution in [3.05, 3.63) is 59.1 Å². The van der Waals surface area contributed by atoms with Gasteiger partial charge in [0, 0.05) is 24.5 Å². The molecule has 2 heterocycles. The molecule has 0 amide bonds. The number of hydrogen-bond acceptors (Lipinski definition) is 8. The summed E-state index contributed by atoms with van der Waals surface area (Å²) in [6.07, 6.45) is 3.25. The van der Waals surface area contributed by atoms with Gasteiger partial charge in [0.2, 0.25) is 0 Å². The molecule has 172 valence electrons. The highest BCUT2D eigenvalue weighted by Gasteiger charge is 2.16. The van der Waals surface area contributed by atoms with E-state index in [4.69, 9.17) is 14.2 Å². The molecule has 4 aromatic rings. The Morgan fingerprint density at radius 3 is 2.61 bits per heavy atom. The van der Waals surface area contributed by atoms with Crippen LogP contribution in [-0.2, 0) is 0 Å². The zero-order chi connectivity index (χ0) is 23.6. The Labute approximate surface area is 200 Å². The minimum atomic E-state index is -0.232. The molecule has 7 nitrogen and oxygen atoms in total. The molecule has 2 aromatic heterocycles. The highest BCUT2D eigenvalue weighted by molar-refractivity contribution is 8.01. The Hall–Kier alpha value is -3.04. The molecule has 0 spiro atoms. The van der Waals surface area contributed by atoms with Crippen LogP contribution in [0.2, 0.25) is 0 Å². The first-order valence-corrected chi connectivity index (χ1v) is 11.9. The fraction of sp³-hybridized carbons (Fsp3) is 0.292. The lowest BCUT2D eigenvalue weighted by molar-refractivity contribution is 0.191. The Balaban J connectivity index is 1.62. The van der Waals surface area contributed by atoms with Crippen LogP contribution >= 0.6 is 23.1 Å². The zero-order valence-electron chi connectivity index (χ0n) is 19.1. The third kappa shape index (κ3) is 5.31. The number of nitrogens with zero attached hydrogens (tertiary/aromatic N) is 3. The van der Waals surface area contributed by atoms with Gasteiger partial charge in [-0.2, -0.15) is 0 Å². The van der Waals surface area contributed by atoms with E-state index in [0.29, 0.717) is 28.8 Å². The maximum Gasteiger partial charge on any atom is 0.288 e. The number of fused-ring (bicyclic) bond motifs is 1. The van der Waals surface area contributed by atoms with Crippen LogP contribution in [0.3, 0.4) is 0 Å². The molecule has 4 rings (SSSR count). The van der Waals surface area contributed by atoms with E-state index in [-0.39, 0.29) is 11.0 Å². The predicted molar refractivity (Wildman–Crippen MR) is 132 cm³/mol. The van der Waals surface area contributed by atoms with Crippen molar-refractivity contribution < 1.29 is 14.2 Å². The number of ether oxygens (including phenoxy) is 3. The summed E-state index contributed by atoms with van der Waals surface area (Å²) >= 11 is 2.76. The summed E-state index contributed by atoms with van der Waals surface area (Å²) in [7, 11) is 3.21. The molecule has 33 heavy (non-hydrogen) atoms. The first kappa shape index (κ1) is 23.1. The van der Waals surface area contributed by atoms with Crippen molar-refractivity contribution in [3.8, 4) is 22.9 Å². The van der Waals surface area contributed by atoms with Crippen molar-refractivity contribution >= 4 is 33.3 Å². The van der Waals surface area contributed by atoms with E-state index in [0.717, 1.165) is 20.3 Å². The van der Waals surface area contributed by atoms with Crippen LogP contribution in [0.5, 0.6) is 17.2 Å². The summed E-state index contributed by atoms with van der Waals surface area (Å²) < 4.78 is 20.0. The molecule has 0 fully saturated rings. The molecule has 0 aliphatic heterocycles. The number of hydrogen-bond donors (Lipinski definition) is 0. The lowest BCUT2D eigenvalue weighted by Crippen LogP contribution is -2.20. The molecule has 0 bridgehead atoms. The van der Waals surface area contributed by atoms with E-state index < -0.39 is 0 Å². The van der Waals surface area contributed by atoms with Gasteiger partial charge in [-0.1, -0.05) is 20.8 Å². The van der Waals surface area contributed by atoms with Gasteiger partial charge in [-0.3, -0.25) is 9.36 Å². The highest BCUT2D eigenvalue weighted by atomic mass is 32.2. The van der Waals surface area contributed by atoms with E-state index in [2.05, 4.69) is 30.7 Å². The second-order valence-electron chi connectivity index (χ2n) is 8.51. The molecule has 2 aromatic carbocycles. The van der Waals surface area contributed by atoms with E-state index in [1.807, 2.05) is 30.3 Å². The minimum absolute atomic E-state index is 0.0175. The SMILES string of the molecule is COc1ccc2sc(Sc3nccn(-c4ccc(OCC(C)(C)C)c(OC)c4)c3=O)nc2c1. The van der Waals surface area contributed by atoms with E-state index in [1.165, 1.54) is 23.1 Å². The second kappa shape index (κ2) is 9.44. The van der Waals surface area contributed by atoms with Crippen LogP contribution in [0, 0.1) is 5.41 Å². The Bertz CT molecular complexity index is 1340. The van der Waals surface area contributed by atoms with Crippen molar-refractivity contribution in [1.82, 2.24) is 14.5 Å². The molecule has 0 atom stereocenters. The summed E-state index contributed by atoms with van der Waals surface area (Å²) in [5.74, 6) is 1.95.